The molecule has 0 aromatic heterocycles. The second-order valence-corrected chi connectivity index (χ2v) is 20.7. The van der Waals surface area contributed by atoms with Crippen LogP contribution in [0.15, 0.2) is 60.7 Å². The van der Waals surface area contributed by atoms with E-state index in [4.69, 9.17) is 19.0 Å². The van der Waals surface area contributed by atoms with E-state index < -0.39 is 78.0 Å². The fraction of sp³-hybridized carbons (Fsp3) is 0.643. The molecule has 18 heteroatoms. The Morgan fingerprint density at radius 3 is 1.96 bits per heavy atom. The minimum absolute atomic E-state index is 0.0291. The van der Waals surface area contributed by atoms with Gasteiger partial charge in [-0.1, -0.05) is 122 Å². The van der Waals surface area contributed by atoms with Gasteiger partial charge in [0.1, 0.15) is 18.7 Å². The lowest BCUT2D eigenvalue weighted by molar-refractivity contribution is -0.197. The smallest absolute Gasteiger partial charge is 0.333 e. The van der Waals surface area contributed by atoms with E-state index in [0.29, 0.717) is 56.7 Å². The standard InChI is InChI=1S/C56H84N6O12/c1-12-38(6)51(60(9)55(69)49(36(2)3)58-54(68)50(37(4)5)59(8)31-21-15-20-28-48(66)74-62-45(63)29-30-46(62)64)44(71-10)34-47(65)61-32-22-27-43(61)52(72-11)39(7)53(67)57-42(33-40-23-16-13-17-24-40)56(70)73-35-41-25-18-14-19-26-41/h13-14,16-19,23-26,36-39,42-44,49-52H,12,15,20-22,27-35H2,1-11H3,(H,57,67)(H,58,68)/t38?,39?,42?,43-,44?,49?,50?,51?,52?/m0/s1. The molecule has 2 saturated heterocycles. The first-order valence-electron chi connectivity index (χ1n) is 26.5. The molecule has 2 heterocycles. The van der Waals surface area contributed by atoms with Crippen molar-refractivity contribution < 1.29 is 57.4 Å². The monoisotopic (exact) mass is 1030 g/mol. The minimum atomic E-state index is -0.976. The summed E-state index contributed by atoms with van der Waals surface area (Å²) in [5, 5.41) is 6.57. The SMILES string of the molecule is CCC(C)C(C(CC(=O)N1CCC[C@H]1C(OC)C(C)C(=O)NC(Cc1ccccc1)C(=O)OCc1ccccc1)OC)N(C)C(=O)C(NC(=O)C(C(C)C)N(C)CCCCCC(=O)ON1C(=O)CCC1=O)C(C)C. The van der Waals surface area contributed by atoms with Crippen LogP contribution in [-0.4, -0.2) is 151 Å². The lowest BCUT2D eigenvalue weighted by atomic mass is 9.89. The summed E-state index contributed by atoms with van der Waals surface area (Å²) in [5.74, 6) is -4.77. The van der Waals surface area contributed by atoms with Gasteiger partial charge in [-0.3, -0.25) is 33.7 Å². The predicted molar refractivity (Wildman–Crippen MR) is 278 cm³/mol. The number of hydrogen-bond donors (Lipinski definition) is 2. The number of likely N-dealkylation sites (N-methyl/N-ethyl adjacent to an activating group) is 2. The van der Waals surface area contributed by atoms with E-state index in [2.05, 4.69) is 10.6 Å². The van der Waals surface area contributed by atoms with E-state index >= 15 is 0 Å². The summed E-state index contributed by atoms with van der Waals surface area (Å²) in [6, 6.07) is 15.3. The van der Waals surface area contributed by atoms with E-state index in [0.717, 1.165) is 11.1 Å². The van der Waals surface area contributed by atoms with Gasteiger partial charge in [-0.2, -0.15) is 0 Å². The topological polar surface area (TPSA) is 210 Å². The number of amides is 6. The molecule has 6 amide bonds. The van der Waals surface area contributed by atoms with Gasteiger partial charge in [-0.25, -0.2) is 9.59 Å². The highest BCUT2D eigenvalue weighted by Gasteiger charge is 2.44. The number of nitrogens with zero attached hydrogens (tertiary/aromatic N) is 4. The average Bonchev–Trinajstić information content (AvgIpc) is 3.99. The molecule has 0 radical (unpaired) electrons. The first-order valence-corrected chi connectivity index (χ1v) is 26.5. The number of likely N-dealkylation sites (tertiary alicyclic amines) is 1. The first-order chi connectivity index (χ1) is 35.2. The predicted octanol–water partition coefficient (Wildman–Crippen LogP) is 5.64. The van der Waals surface area contributed by atoms with E-state index in [-0.39, 0.29) is 74.2 Å². The van der Waals surface area contributed by atoms with Crippen LogP contribution < -0.4 is 10.6 Å². The molecule has 2 aromatic carbocycles. The van der Waals surface area contributed by atoms with Crippen molar-refractivity contribution in [3.8, 4) is 0 Å². The number of carbonyl (C=O) groups excluding carboxylic acids is 8. The molecule has 74 heavy (non-hydrogen) atoms. The molecule has 2 fully saturated rings. The number of hydroxylamine groups is 2. The van der Waals surface area contributed by atoms with Gasteiger partial charge in [-0.05, 0) is 68.2 Å². The molecule has 2 aromatic rings. The Labute approximate surface area is 438 Å². The molecular formula is C56H84N6O12. The molecule has 0 spiro atoms. The second kappa shape index (κ2) is 30.0. The van der Waals surface area contributed by atoms with E-state index in [1.807, 2.05) is 114 Å². The van der Waals surface area contributed by atoms with Crippen LogP contribution in [0.5, 0.6) is 0 Å². The molecule has 410 valence electrons. The maximum absolute atomic E-state index is 14.7. The minimum Gasteiger partial charge on any atom is -0.459 e. The van der Waals surface area contributed by atoms with Gasteiger partial charge >= 0.3 is 11.9 Å². The number of rotatable bonds is 30. The Bertz CT molecular complexity index is 2140. The first kappa shape index (κ1) is 60.8. The summed E-state index contributed by atoms with van der Waals surface area (Å²) in [4.78, 5) is 117. The van der Waals surface area contributed by atoms with Gasteiger partial charge < -0.3 is 39.5 Å². The average molecular weight is 1030 g/mol. The number of ether oxygens (including phenoxy) is 3. The lowest BCUT2D eigenvalue weighted by Gasteiger charge is -2.41. The number of benzene rings is 2. The highest BCUT2D eigenvalue weighted by molar-refractivity contribution is 6.01. The number of hydrogen-bond acceptors (Lipinski definition) is 13. The van der Waals surface area contributed by atoms with Crippen molar-refractivity contribution in [2.24, 2.45) is 23.7 Å². The van der Waals surface area contributed by atoms with E-state index in [1.54, 1.807) is 23.8 Å². The molecule has 4 rings (SSSR count). The molecule has 2 N–H and O–H groups in total. The Hall–Kier alpha value is -5.72. The zero-order valence-electron chi connectivity index (χ0n) is 45.7. The molecule has 18 nitrogen and oxygen atoms in total. The van der Waals surface area contributed by atoms with Crippen LogP contribution in [-0.2, 0) is 70.4 Å². The van der Waals surface area contributed by atoms with Gasteiger partial charge in [0.15, 0.2) is 0 Å². The second-order valence-electron chi connectivity index (χ2n) is 20.7. The summed E-state index contributed by atoms with van der Waals surface area (Å²) >= 11 is 0. The van der Waals surface area contributed by atoms with Gasteiger partial charge in [0, 0.05) is 53.5 Å². The summed E-state index contributed by atoms with van der Waals surface area (Å²) in [6.07, 6.45) is 2.54. The van der Waals surface area contributed by atoms with Gasteiger partial charge in [0.2, 0.25) is 23.6 Å². The van der Waals surface area contributed by atoms with Crippen LogP contribution in [0, 0.1) is 23.7 Å². The normalized spacial score (nSPS) is 18.1. The molecule has 0 aliphatic carbocycles. The number of carbonyl (C=O) groups is 8. The fourth-order valence-electron chi connectivity index (χ4n) is 10.2. The third-order valence-corrected chi connectivity index (χ3v) is 14.6. The van der Waals surface area contributed by atoms with E-state index in [9.17, 15) is 38.4 Å². The van der Waals surface area contributed by atoms with Crippen molar-refractivity contribution in [3.63, 3.8) is 0 Å². The van der Waals surface area contributed by atoms with Crippen LogP contribution in [0.4, 0.5) is 0 Å². The number of esters is 1. The Morgan fingerprint density at radius 2 is 1.39 bits per heavy atom. The third-order valence-electron chi connectivity index (χ3n) is 14.6. The van der Waals surface area contributed by atoms with Gasteiger partial charge in [0.25, 0.3) is 11.8 Å². The molecule has 0 saturated carbocycles. The molecule has 9 atom stereocenters. The third kappa shape index (κ3) is 17.2. The number of nitrogens with one attached hydrogen (secondary N) is 2. The Kier molecular flexibility index (Phi) is 24.7. The van der Waals surface area contributed by atoms with E-state index in [1.165, 1.54) is 14.2 Å². The van der Waals surface area contributed by atoms with Gasteiger partial charge in [-0.15, -0.1) is 5.06 Å². The summed E-state index contributed by atoms with van der Waals surface area (Å²) in [5.41, 5.74) is 1.67. The molecule has 8 unspecified atom stereocenters. The summed E-state index contributed by atoms with van der Waals surface area (Å²) in [7, 11) is 6.60. The highest BCUT2D eigenvalue weighted by Crippen LogP contribution is 2.30. The van der Waals surface area contributed by atoms with Crippen LogP contribution in [0.1, 0.15) is 124 Å². The molecule has 2 aliphatic rings. The Morgan fingerprint density at radius 1 is 0.770 bits per heavy atom. The lowest BCUT2D eigenvalue weighted by Crippen LogP contribution is -2.60. The zero-order chi connectivity index (χ0) is 54.6. The van der Waals surface area contributed by atoms with Crippen LogP contribution in [0.25, 0.3) is 0 Å². The van der Waals surface area contributed by atoms with Crippen LogP contribution in [0.3, 0.4) is 0 Å². The molecule has 0 bridgehead atoms. The fourth-order valence-corrected chi connectivity index (χ4v) is 10.2. The number of methoxy groups -OCH3 is 2. The van der Waals surface area contributed by atoms with Crippen molar-refractivity contribution in [1.29, 1.82) is 0 Å². The van der Waals surface area contributed by atoms with Crippen molar-refractivity contribution >= 4 is 47.4 Å². The van der Waals surface area contributed by atoms with Crippen LogP contribution in [0.2, 0.25) is 0 Å². The van der Waals surface area contributed by atoms with Crippen molar-refractivity contribution in [2.45, 2.75) is 168 Å². The maximum Gasteiger partial charge on any atom is 0.333 e. The largest absolute Gasteiger partial charge is 0.459 e. The maximum atomic E-state index is 14.7. The molecular weight excluding hydrogens is 949 g/mol. The number of unbranched alkanes of at least 4 members (excludes halogenated alkanes) is 2. The zero-order valence-corrected chi connectivity index (χ0v) is 45.7. The van der Waals surface area contributed by atoms with Crippen molar-refractivity contribution in [1.82, 2.24) is 30.4 Å². The Balaban J connectivity index is 1.41. The summed E-state index contributed by atoms with van der Waals surface area (Å²) < 4.78 is 17.8. The summed E-state index contributed by atoms with van der Waals surface area (Å²) in [6.45, 7) is 14.4. The van der Waals surface area contributed by atoms with Crippen molar-refractivity contribution in [3.05, 3.63) is 71.8 Å². The quantitative estimate of drug-likeness (QED) is 0.0552. The van der Waals surface area contributed by atoms with Crippen LogP contribution >= 0.6 is 0 Å². The van der Waals surface area contributed by atoms with Gasteiger partial charge in [0.05, 0.1) is 42.7 Å². The molecule has 2 aliphatic heterocycles. The van der Waals surface area contributed by atoms with Crippen molar-refractivity contribution in [2.75, 3.05) is 41.4 Å². The number of imide groups is 1. The highest BCUT2D eigenvalue weighted by atomic mass is 16.7.